The van der Waals surface area contributed by atoms with Crippen LogP contribution in [-0.2, 0) is 22.8 Å². The van der Waals surface area contributed by atoms with Crippen molar-refractivity contribution in [1.29, 1.82) is 0 Å². The fourth-order valence-corrected chi connectivity index (χ4v) is 6.48. The van der Waals surface area contributed by atoms with E-state index in [0.717, 1.165) is 31.8 Å². The first-order valence-electron chi connectivity index (χ1n) is 8.68. The van der Waals surface area contributed by atoms with Crippen LogP contribution in [0.1, 0.15) is 25.0 Å². The molecule has 5 nitrogen and oxygen atoms in total. The van der Waals surface area contributed by atoms with Crippen LogP contribution in [0.2, 0.25) is 0 Å². The van der Waals surface area contributed by atoms with Gasteiger partial charge in [0.2, 0.25) is 0 Å². The van der Waals surface area contributed by atoms with Crippen LogP contribution in [0, 0.1) is 0 Å². The maximum absolute atomic E-state index is 12.1. The van der Waals surface area contributed by atoms with Gasteiger partial charge in [-0.1, -0.05) is 12.1 Å². The van der Waals surface area contributed by atoms with E-state index in [1.54, 1.807) is 0 Å². The van der Waals surface area contributed by atoms with E-state index in [4.69, 9.17) is 4.74 Å². The molecular formula is C18H26N2O3S. The summed E-state index contributed by atoms with van der Waals surface area (Å²) >= 11 is 0. The number of sulfone groups is 1. The normalized spacial score (nSPS) is 31.5. The highest BCUT2D eigenvalue weighted by atomic mass is 32.2. The minimum absolute atomic E-state index is 0.120. The fraction of sp³-hybridized carbons (Fsp3) is 0.667. The molecule has 3 aliphatic rings. The average molecular weight is 350 g/mol. The zero-order chi connectivity index (χ0) is 17.1. The number of benzene rings is 1. The van der Waals surface area contributed by atoms with Gasteiger partial charge in [-0.15, -0.1) is 0 Å². The molecule has 132 valence electrons. The van der Waals surface area contributed by atoms with Crippen molar-refractivity contribution in [1.82, 2.24) is 9.80 Å². The zero-order valence-corrected chi connectivity index (χ0v) is 15.5. The number of piperazine rings is 1. The lowest BCUT2D eigenvalue weighted by molar-refractivity contribution is 0.0573. The third kappa shape index (κ3) is 2.95. The Morgan fingerprint density at radius 1 is 1.21 bits per heavy atom. The number of hydrogen-bond acceptors (Lipinski definition) is 5. The van der Waals surface area contributed by atoms with Crippen molar-refractivity contribution < 1.29 is 13.2 Å². The van der Waals surface area contributed by atoms with Gasteiger partial charge in [-0.3, -0.25) is 9.80 Å². The molecule has 6 heteroatoms. The van der Waals surface area contributed by atoms with Gasteiger partial charge >= 0.3 is 0 Å². The summed E-state index contributed by atoms with van der Waals surface area (Å²) in [6, 6.07) is 6.69. The highest BCUT2D eigenvalue weighted by Gasteiger charge is 2.45. The van der Waals surface area contributed by atoms with Crippen molar-refractivity contribution in [2.75, 3.05) is 31.6 Å². The Morgan fingerprint density at radius 3 is 2.75 bits per heavy atom. The Labute approximate surface area is 144 Å². The average Bonchev–Trinajstić information content (AvgIpc) is 2.96. The molecule has 0 saturated carbocycles. The fourth-order valence-electron chi connectivity index (χ4n) is 4.39. The number of likely N-dealkylation sites (N-methyl/N-ethyl adjacent to an activating group) is 1. The predicted molar refractivity (Wildman–Crippen MR) is 94.1 cm³/mol. The van der Waals surface area contributed by atoms with Crippen LogP contribution in [0.5, 0.6) is 5.75 Å². The molecule has 0 bridgehead atoms. The van der Waals surface area contributed by atoms with Gasteiger partial charge in [-0.05, 0) is 38.1 Å². The molecule has 0 aromatic heterocycles. The van der Waals surface area contributed by atoms with Crippen LogP contribution in [0.4, 0.5) is 0 Å². The Morgan fingerprint density at radius 2 is 1.96 bits per heavy atom. The molecule has 2 atom stereocenters. The van der Waals surface area contributed by atoms with E-state index in [0.29, 0.717) is 11.5 Å². The lowest BCUT2D eigenvalue weighted by Crippen LogP contribution is -2.57. The summed E-state index contributed by atoms with van der Waals surface area (Å²) in [6.07, 6.45) is 0.930. The summed E-state index contributed by atoms with van der Waals surface area (Å²) in [5, 5.41) is 0. The highest BCUT2D eigenvalue weighted by molar-refractivity contribution is 7.91. The van der Waals surface area contributed by atoms with Gasteiger partial charge in [0, 0.05) is 38.1 Å². The third-order valence-electron chi connectivity index (χ3n) is 5.58. The summed E-state index contributed by atoms with van der Waals surface area (Å²) in [5.41, 5.74) is 2.39. The maximum atomic E-state index is 12.1. The van der Waals surface area contributed by atoms with E-state index in [-0.39, 0.29) is 17.7 Å². The molecule has 1 aromatic carbocycles. The molecule has 2 fully saturated rings. The van der Waals surface area contributed by atoms with E-state index in [2.05, 4.69) is 41.8 Å². The van der Waals surface area contributed by atoms with E-state index in [1.165, 1.54) is 11.1 Å². The molecule has 0 N–H and O–H groups in total. The molecule has 24 heavy (non-hydrogen) atoms. The number of nitrogens with zero attached hydrogens (tertiary/aromatic N) is 2. The van der Waals surface area contributed by atoms with E-state index >= 15 is 0 Å². The summed E-state index contributed by atoms with van der Waals surface area (Å²) in [7, 11) is -0.869. The zero-order valence-electron chi connectivity index (χ0n) is 14.7. The second kappa shape index (κ2) is 5.44. The maximum Gasteiger partial charge on any atom is 0.153 e. The minimum atomic E-state index is -2.92. The molecule has 0 amide bonds. The summed E-state index contributed by atoms with van der Waals surface area (Å²) in [4.78, 5) is 4.57. The van der Waals surface area contributed by atoms with Gasteiger partial charge in [0.25, 0.3) is 0 Å². The van der Waals surface area contributed by atoms with Crippen molar-refractivity contribution >= 4 is 9.84 Å². The van der Waals surface area contributed by atoms with Crippen LogP contribution in [0.3, 0.4) is 0 Å². The lowest BCUT2D eigenvalue weighted by atomic mass is 9.99. The Hall–Kier alpha value is -1.11. The Balaban J connectivity index is 1.54. The third-order valence-corrected chi connectivity index (χ3v) is 7.28. The summed E-state index contributed by atoms with van der Waals surface area (Å²) in [5.74, 6) is 1.59. The number of ether oxygens (including phenoxy) is 1. The molecule has 0 aliphatic carbocycles. The lowest BCUT2D eigenvalue weighted by Gasteiger charge is -2.42. The first kappa shape index (κ1) is 16.4. The minimum Gasteiger partial charge on any atom is -0.487 e. The number of fused-ring (bicyclic) bond motifs is 2. The molecule has 3 heterocycles. The highest BCUT2D eigenvalue weighted by Crippen LogP contribution is 2.36. The number of hydrogen-bond donors (Lipinski definition) is 0. The van der Waals surface area contributed by atoms with Crippen LogP contribution >= 0.6 is 0 Å². The first-order valence-corrected chi connectivity index (χ1v) is 10.5. The van der Waals surface area contributed by atoms with E-state index < -0.39 is 9.84 Å². The molecule has 3 aliphatic heterocycles. The van der Waals surface area contributed by atoms with Crippen molar-refractivity contribution in [3.05, 3.63) is 29.3 Å². The standard InChI is InChI=1S/C18H26N2O3S/c1-18(2)9-14-8-13(4-5-17(14)23-18)10-20-7-6-19(3)15-11-24(21,22)12-16(15)20/h4-5,8,15-16H,6-7,9-12H2,1-3H3/t15-,16+/m1/s1. The van der Waals surface area contributed by atoms with Gasteiger partial charge in [0.1, 0.15) is 11.4 Å². The largest absolute Gasteiger partial charge is 0.487 e. The molecular weight excluding hydrogens is 324 g/mol. The van der Waals surface area contributed by atoms with Gasteiger partial charge in [-0.25, -0.2) is 8.42 Å². The molecule has 0 spiro atoms. The predicted octanol–water partition coefficient (Wildman–Crippen LogP) is 1.31. The van der Waals surface area contributed by atoms with Gasteiger partial charge in [0.15, 0.2) is 9.84 Å². The molecule has 1 aromatic rings. The van der Waals surface area contributed by atoms with Crippen LogP contribution in [0.25, 0.3) is 0 Å². The Kier molecular flexibility index (Phi) is 3.71. The van der Waals surface area contributed by atoms with Crippen molar-refractivity contribution in [3.8, 4) is 5.75 Å². The van der Waals surface area contributed by atoms with Crippen molar-refractivity contribution in [2.24, 2.45) is 0 Å². The van der Waals surface area contributed by atoms with E-state index in [1.807, 2.05) is 7.05 Å². The van der Waals surface area contributed by atoms with Crippen LogP contribution in [0.15, 0.2) is 18.2 Å². The SMILES string of the molecule is CN1CCN(Cc2ccc3c(c2)CC(C)(C)O3)[C@H]2CS(=O)(=O)C[C@H]21. The van der Waals surface area contributed by atoms with E-state index in [9.17, 15) is 8.42 Å². The molecule has 4 rings (SSSR count). The monoisotopic (exact) mass is 350 g/mol. The van der Waals surface area contributed by atoms with Crippen LogP contribution < -0.4 is 4.74 Å². The molecule has 0 radical (unpaired) electrons. The van der Waals surface area contributed by atoms with Crippen LogP contribution in [-0.4, -0.2) is 67.5 Å². The van der Waals surface area contributed by atoms with Crippen molar-refractivity contribution in [3.63, 3.8) is 0 Å². The second-order valence-electron chi connectivity index (χ2n) is 8.14. The van der Waals surface area contributed by atoms with Gasteiger partial charge < -0.3 is 4.74 Å². The molecule has 0 unspecified atom stereocenters. The molecule has 2 saturated heterocycles. The van der Waals surface area contributed by atoms with Crippen molar-refractivity contribution in [2.45, 2.75) is 44.5 Å². The summed E-state index contributed by atoms with van der Waals surface area (Å²) < 4.78 is 30.1. The van der Waals surface area contributed by atoms with Gasteiger partial charge in [-0.2, -0.15) is 0 Å². The quantitative estimate of drug-likeness (QED) is 0.805. The first-order chi connectivity index (χ1) is 11.2. The topological polar surface area (TPSA) is 49.9 Å². The second-order valence-corrected chi connectivity index (χ2v) is 10.3. The van der Waals surface area contributed by atoms with Gasteiger partial charge in [0.05, 0.1) is 11.5 Å². The summed E-state index contributed by atoms with van der Waals surface area (Å²) in [6.45, 7) is 6.89. The number of rotatable bonds is 2. The Bertz CT molecular complexity index is 760. The smallest absolute Gasteiger partial charge is 0.153 e.